The molecule has 1 atom stereocenters. The summed E-state index contributed by atoms with van der Waals surface area (Å²) in [6.07, 6.45) is 9.79. The van der Waals surface area contributed by atoms with Gasteiger partial charge in [-0.25, -0.2) is 4.98 Å². The highest BCUT2D eigenvalue weighted by Crippen LogP contribution is 2.49. The van der Waals surface area contributed by atoms with E-state index in [1.165, 1.54) is 5.56 Å². The van der Waals surface area contributed by atoms with Crippen molar-refractivity contribution in [3.8, 4) is 0 Å². The normalized spacial score (nSPS) is 22.0. The van der Waals surface area contributed by atoms with Crippen LogP contribution in [0.15, 0.2) is 61.6 Å². The van der Waals surface area contributed by atoms with Crippen molar-refractivity contribution in [1.29, 1.82) is 0 Å². The molecule has 2 aliphatic rings. The molecule has 0 radical (unpaired) electrons. The number of hydrogen-bond acceptors (Lipinski definition) is 4. The van der Waals surface area contributed by atoms with Crippen molar-refractivity contribution < 1.29 is 4.79 Å². The Morgan fingerprint density at radius 1 is 1.15 bits per heavy atom. The maximum absolute atomic E-state index is 12.8. The minimum Gasteiger partial charge on any atom is -0.356 e. The average Bonchev–Trinajstić information content (AvgIpc) is 2.96. The summed E-state index contributed by atoms with van der Waals surface area (Å²) in [6, 6.07) is 10.1. The van der Waals surface area contributed by atoms with Crippen LogP contribution in [0.25, 0.3) is 0 Å². The van der Waals surface area contributed by atoms with Crippen molar-refractivity contribution in [2.75, 3.05) is 24.5 Å². The first-order valence-electron chi connectivity index (χ1n) is 9.22. The Balaban J connectivity index is 1.64. The van der Waals surface area contributed by atoms with Crippen LogP contribution in [-0.4, -0.2) is 45.9 Å². The highest BCUT2D eigenvalue weighted by atomic mass is 16.2. The predicted molar refractivity (Wildman–Crippen MR) is 102 cm³/mol. The molecular weight excluding hydrogens is 324 g/mol. The van der Waals surface area contributed by atoms with Gasteiger partial charge in [-0.15, -0.1) is 6.58 Å². The summed E-state index contributed by atoms with van der Waals surface area (Å²) >= 11 is 0. The number of likely N-dealkylation sites (tertiary alicyclic amines) is 1. The van der Waals surface area contributed by atoms with Gasteiger partial charge in [-0.2, -0.15) is 0 Å². The van der Waals surface area contributed by atoms with Crippen molar-refractivity contribution in [2.24, 2.45) is 0 Å². The Morgan fingerprint density at radius 2 is 1.92 bits per heavy atom. The van der Waals surface area contributed by atoms with Gasteiger partial charge < -0.3 is 9.80 Å². The number of aromatic nitrogens is 2. The van der Waals surface area contributed by atoms with E-state index in [1.54, 1.807) is 0 Å². The fourth-order valence-electron chi connectivity index (χ4n) is 4.63. The Kier molecular flexibility index (Phi) is 4.45. The first-order valence-corrected chi connectivity index (χ1v) is 9.22. The molecule has 2 fully saturated rings. The van der Waals surface area contributed by atoms with Gasteiger partial charge in [0.2, 0.25) is 5.91 Å². The molecule has 4 heterocycles. The van der Waals surface area contributed by atoms with E-state index in [9.17, 15) is 4.79 Å². The molecule has 0 bridgehead atoms. The number of carbonyl (C=O) groups is 1. The molecule has 0 saturated carbocycles. The van der Waals surface area contributed by atoms with E-state index in [0.717, 1.165) is 31.7 Å². The third-order valence-corrected chi connectivity index (χ3v) is 5.89. The lowest BCUT2D eigenvalue weighted by Crippen LogP contribution is -2.55. The SMILES string of the molecule is C=CCN1C(=O)C[C@H](c2ccncc2)C12CCN(c1ccccn1)CC2. The number of carbonyl (C=O) groups excluding carboxylic acids is 1. The van der Waals surface area contributed by atoms with Crippen molar-refractivity contribution in [3.05, 3.63) is 67.1 Å². The third kappa shape index (κ3) is 2.77. The minimum absolute atomic E-state index is 0.141. The summed E-state index contributed by atoms with van der Waals surface area (Å²) in [5, 5.41) is 0. The molecule has 0 aromatic carbocycles. The molecule has 0 N–H and O–H groups in total. The Hall–Kier alpha value is -2.69. The summed E-state index contributed by atoms with van der Waals surface area (Å²) < 4.78 is 0. The summed E-state index contributed by atoms with van der Waals surface area (Å²) in [5.74, 6) is 1.46. The van der Waals surface area contributed by atoms with Gasteiger partial charge in [0.1, 0.15) is 5.82 Å². The summed E-state index contributed by atoms with van der Waals surface area (Å²) in [5.41, 5.74) is 1.07. The zero-order chi connectivity index (χ0) is 18.0. The van der Waals surface area contributed by atoms with Crippen LogP contribution in [0.4, 0.5) is 5.82 Å². The first kappa shape index (κ1) is 16.8. The number of nitrogens with zero attached hydrogens (tertiary/aromatic N) is 4. The smallest absolute Gasteiger partial charge is 0.224 e. The van der Waals surface area contributed by atoms with E-state index in [0.29, 0.717) is 13.0 Å². The molecule has 4 rings (SSSR count). The second kappa shape index (κ2) is 6.90. The van der Waals surface area contributed by atoms with E-state index < -0.39 is 0 Å². The fourth-order valence-corrected chi connectivity index (χ4v) is 4.63. The molecule has 5 nitrogen and oxygen atoms in total. The molecule has 0 aliphatic carbocycles. The highest BCUT2D eigenvalue weighted by Gasteiger charge is 2.53. The number of piperidine rings is 1. The molecule has 2 aromatic rings. The van der Waals surface area contributed by atoms with E-state index >= 15 is 0 Å². The number of amides is 1. The molecule has 2 aliphatic heterocycles. The van der Waals surface area contributed by atoms with Crippen molar-refractivity contribution >= 4 is 11.7 Å². The maximum atomic E-state index is 12.8. The van der Waals surface area contributed by atoms with Gasteiger partial charge in [-0.05, 0) is 42.7 Å². The zero-order valence-electron chi connectivity index (χ0n) is 14.9. The third-order valence-electron chi connectivity index (χ3n) is 5.89. The van der Waals surface area contributed by atoms with Crippen LogP contribution in [0.5, 0.6) is 0 Å². The van der Waals surface area contributed by atoms with Crippen molar-refractivity contribution in [2.45, 2.75) is 30.7 Å². The van der Waals surface area contributed by atoms with Crippen LogP contribution in [-0.2, 0) is 4.79 Å². The zero-order valence-corrected chi connectivity index (χ0v) is 14.9. The van der Waals surface area contributed by atoms with Gasteiger partial charge in [0.15, 0.2) is 0 Å². The van der Waals surface area contributed by atoms with Crippen LogP contribution in [0, 0.1) is 0 Å². The first-order chi connectivity index (χ1) is 12.7. The van der Waals surface area contributed by atoms with Crippen molar-refractivity contribution in [1.82, 2.24) is 14.9 Å². The van der Waals surface area contributed by atoms with Gasteiger partial charge in [0.25, 0.3) is 0 Å². The van der Waals surface area contributed by atoms with E-state index in [-0.39, 0.29) is 17.4 Å². The van der Waals surface area contributed by atoms with E-state index in [1.807, 2.05) is 36.8 Å². The van der Waals surface area contributed by atoms with Gasteiger partial charge >= 0.3 is 0 Å². The molecule has 5 heteroatoms. The molecule has 2 saturated heterocycles. The highest BCUT2D eigenvalue weighted by molar-refractivity contribution is 5.82. The maximum Gasteiger partial charge on any atom is 0.224 e. The van der Waals surface area contributed by atoms with E-state index in [4.69, 9.17) is 0 Å². The predicted octanol–water partition coefficient (Wildman–Crippen LogP) is 3.02. The Labute approximate surface area is 154 Å². The van der Waals surface area contributed by atoms with Crippen molar-refractivity contribution in [3.63, 3.8) is 0 Å². The number of hydrogen-bond donors (Lipinski definition) is 0. The Bertz CT molecular complexity index is 769. The fraction of sp³-hybridized carbons (Fsp3) is 0.381. The lowest BCUT2D eigenvalue weighted by molar-refractivity contribution is -0.131. The molecule has 1 amide bonds. The monoisotopic (exact) mass is 348 g/mol. The minimum atomic E-state index is -0.141. The Morgan fingerprint density at radius 3 is 2.58 bits per heavy atom. The summed E-state index contributed by atoms with van der Waals surface area (Å²) in [7, 11) is 0. The van der Waals surface area contributed by atoms with Crippen LogP contribution in [0.3, 0.4) is 0 Å². The number of anilines is 1. The molecule has 1 spiro atoms. The molecular formula is C21H24N4O. The molecule has 26 heavy (non-hydrogen) atoms. The lowest BCUT2D eigenvalue weighted by Gasteiger charge is -2.48. The average molecular weight is 348 g/mol. The summed E-state index contributed by atoms with van der Waals surface area (Å²) in [4.78, 5) is 25.8. The van der Waals surface area contributed by atoms with Gasteiger partial charge in [-0.3, -0.25) is 9.78 Å². The lowest BCUT2D eigenvalue weighted by atomic mass is 9.73. The number of rotatable bonds is 4. The molecule has 2 aromatic heterocycles. The quantitative estimate of drug-likeness (QED) is 0.797. The van der Waals surface area contributed by atoms with Gasteiger partial charge in [0.05, 0.1) is 5.54 Å². The molecule has 134 valence electrons. The standard InChI is InChI=1S/C21H24N4O/c1-2-13-25-20(26)16-18(17-6-11-22-12-7-17)21(25)8-14-24(15-9-21)19-5-3-4-10-23-19/h2-7,10-12,18H,1,8-9,13-16H2/t18-/m1/s1. The largest absolute Gasteiger partial charge is 0.356 e. The van der Waals surface area contributed by atoms with Crippen LogP contribution < -0.4 is 4.90 Å². The van der Waals surface area contributed by atoms with Crippen LogP contribution in [0.1, 0.15) is 30.7 Å². The van der Waals surface area contributed by atoms with Gasteiger partial charge in [0, 0.05) is 50.6 Å². The summed E-state index contributed by atoms with van der Waals surface area (Å²) in [6.45, 7) is 6.29. The second-order valence-electron chi connectivity index (χ2n) is 7.11. The van der Waals surface area contributed by atoms with Crippen LogP contribution >= 0.6 is 0 Å². The number of pyridine rings is 2. The van der Waals surface area contributed by atoms with E-state index in [2.05, 4.69) is 44.5 Å². The molecule has 0 unspecified atom stereocenters. The van der Waals surface area contributed by atoms with Gasteiger partial charge in [-0.1, -0.05) is 12.1 Å². The van der Waals surface area contributed by atoms with Crippen LogP contribution in [0.2, 0.25) is 0 Å². The second-order valence-corrected chi connectivity index (χ2v) is 7.11. The topological polar surface area (TPSA) is 49.3 Å².